The number of nitro groups is 1. The number of pyridine rings is 1. The Labute approximate surface area is 167 Å². The summed E-state index contributed by atoms with van der Waals surface area (Å²) in [5.41, 5.74) is 1.48. The van der Waals surface area contributed by atoms with Crippen molar-refractivity contribution < 1.29 is 23.9 Å². The van der Waals surface area contributed by atoms with Crippen LogP contribution in [0, 0.1) is 17.0 Å². The zero-order chi connectivity index (χ0) is 20.4. The van der Waals surface area contributed by atoms with Gasteiger partial charge in [-0.15, -0.1) is 0 Å². The van der Waals surface area contributed by atoms with Gasteiger partial charge in [-0.05, 0) is 52.6 Å². The monoisotopic (exact) mass is 399 g/mol. The highest BCUT2D eigenvalue weighted by Crippen LogP contribution is 2.38. The highest BCUT2D eigenvalue weighted by Gasteiger charge is 2.31. The van der Waals surface area contributed by atoms with Crippen molar-refractivity contribution in [3.8, 4) is 17.2 Å². The lowest BCUT2D eigenvalue weighted by molar-refractivity contribution is -0.390. The predicted octanol–water partition coefficient (Wildman–Crippen LogP) is 2.81. The molecule has 1 fully saturated rings. The van der Waals surface area contributed by atoms with E-state index in [0.717, 1.165) is 18.4 Å². The van der Waals surface area contributed by atoms with Crippen LogP contribution >= 0.6 is 0 Å². The first-order chi connectivity index (χ1) is 14.0. The third-order valence-corrected chi connectivity index (χ3v) is 5.03. The van der Waals surface area contributed by atoms with Gasteiger partial charge in [-0.25, -0.2) is 0 Å². The van der Waals surface area contributed by atoms with E-state index in [1.807, 2.05) is 18.2 Å². The summed E-state index contributed by atoms with van der Waals surface area (Å²) in [7, 11) is 0. The van der Waals surface area contributed by atoms with Gasteiger partial charge in [-0.1, -0.05) is 6.07 Å². The minimum Gasteiger partial charge on any atom is -0.486 e. The molecule has 0 spiro atoms. The number of carbonyl (C=O) groups excluding carboxylic acids is 1. The maximum absolute atomic E-state index is 12.8. The number of carbonyl (C=O) groups is 1. The Morgan fingerprint density at radius 2 is 2.07 bits per heavy atom. The van der Waals surface area contributed by atoms with E-state index < -0.39 is 4.92 Å². The van der Waals surface area contributed by atoms with E-state index in [0.29, 0.717) is 37.0 Å². The second-order valence-corrected chi connectivity index (χ2v) is 6.97. The average molecular weight is 399 g/mol. The minimum absolute atomic E-state index is 0.0102. The molecule has 3 heterocycles. The molecule has 4 rings (SSSR count). The standard InChI is InChI=1S/C20H21N3O6/c1-13-4-6-17(20(21-13)23(25)26)29-12-19(24)22-8-2-3-15(22)14-5-7-16-18(11-14)28-10-9-27-16/h4-7,11,15H,2-3,8-10,12H2,1H3/t15-/m1/s1. The molecule has 2 aliphatic rings. The van der Waals surface area contributed by atoms with Gasteiger partial charge in [0.15, 0.2) is 18.1 Å². The van der Waals surface area contributed by atoms with Gasteiger partial charge in [0.1, 0.15) is 18.9 Å². The molecule has 0 saturated carbocycles. The third-order valence-electron chi connectivity index (χ3n) is 5.03. The zero-order valence-electron chi connectivity index (χ0n) is 16.0. The van der Waals surface area contributed by atoms with E-state index >= 15 is 0 Å². The first kappa shape index (κ1) is 19.0. The Morgan fingerprint density at radius 3 is 2.86 bits per heavy atom. The molecule has 1 atom stereocenters. The molecule has 0 aliphatic carbocycles. The molecule has 0 bridgehead atoms. The van der Waals surface area contributed by atoms with E-state index in [9.17, 15) is 14.9 Å². The second-order valence-electron chi connectivity index (χ2n) is 6.97. The number of aryl methyl sites for hydroxylation is 1. The van der Waals surface area contributed by atoms with Gasteiger partial charge in [0.25, 0.3) is 5.91 Å². The molecule has 152 valence electrons. The smallest absolute Gasteiger partial charge is 0.406 e. The van der Waals surface area contributed by atoms with Gasteiger partial charge < -0.3 is 29.2 Å². The quantitative estimate of drug-likeness (QED) is 0.562. The second kappa shape index (κ2) is 7.94. The predicted molar refractivity (Wildman–Crippen MR) is 102 cm³/mol. The van der Waals surface area contributed by atoms with Crippen LogP contribution in [0.5, 0.6) is 17.2 Å². The molecule has 2 aromatic rings. The highest BCUT2D eigenvalue weighted by atomic mass is 16.6. The van der Waals surface area contributed by atoms with Gasteiger partial charge >= 0.3 is 5.82 Å². The summed E-state index contributed by atoms with van der Waals surface area (Å²) in [6.45, 7) is 3.00. The van der Waals surface area contributed by atoms with Gasteiger partial charge in [0.2, 0.25) is 5.75 Å². The fourth-order valence-electron chi connectivity index (χ4n) is 3.68. The number of hydrogen-bond acceptors (Lipinski definition) is 7. The molecule has 1 aromatic heterocycles. The number of benzene rings is 1. The van der Waals surface area contributed by atoms with Crippen molar-refractivity contribution in [2.24, 2.45) is 0 Å². The van der Waals surface area contributed by atoms with E-state index in [2.05, 4.69) is 4.98 Å². The van der Waals surface area contributed by atoms with Crippen LogP contribution in [0.25, 0.3) is 0 Å². The summed E-state index contributed by atoms with van der Waals surface area (Å²) in [5.74, 6) is 0.771. The van der Waals surface area contributed by atoms with Crippen LogP contribution < -0.4 is 14.2 Å². The molecule has 0 radical (unpaired) electrons. The van der Waals surface area contributed by atoms with Gasteiger partial charge in [-0.3, -0.25) is 4.79 Å². The zero-order valence-corrected chi connectivity index (χ0v) is 16.0. The number of nitrogens with zero attached hydrogens (tertiary/aromatic N) is 3. The maximum Gasteiger partial charge on any atom is 0.406 e. The molecule has 29 heavy (non-hydrogen) atoms. The van der Waals surface area contributed by atoms with Gasteiger partial charge in [0, 0.05) is 13.5 Å². The van der Waals surface area contributed by atoms with Crippen LogP contribution in [0.2, 0.25) is 0 Å². The summed E-state index contributed by atoms with van der Waals surface area (Å²) >= 11 is 0. The number of amides is 1. The van der Waals surface area contributed by atoms with E-state index in [1.54, 1.807) is 17.9 Å². The molecule has 2 aliphatic heterocycles. The number of likely N-dealkylation sites (tertiary alicyclic amines) is 1. The molecule has 0 unspecified atom stereocenters. The number of fused-ring (bicyclic) bond motifs is 1. The first-order valence-electron chi connectivity index (χ1n) is 9.47. The van der Waals surface area contributed by atoms with E-state index in [1.165, 1.54) is 6.07 Å². The Balaban J connectivity index is 1.47. The van der Waals surface area contributed by atoms with Crippen molar-refractivity contribution in [2.45, 2.75) is 25.8 Å². The number of hydrogen-bond donors (Lipinski definition) is 0. The molecule has 9 nitrogen and oxygen atoms in total. The summed E-state index contributed by atoms with van der Waals surface area (Å²) < 4.78 is 16.7. The Hall–Kier alpha value is -3.36. The summed E-state index contributed by atoms with van der Waals surface area (Å²) in [6.07, 6.45) is 1.70. The maximum atomic E-state index is 12.8. The lowest BCUT2D eigenvalue weighted by Gasteiger charge is -2.26. The number of aromatic nitrogens is 1. The fraction of sp³-hybridized carbons (Fsp3) is 0.400. The van der Waals surface area contributed by atoms with Crippen LogP contribution in [0.3, 0.4) is 0 Å². The van der Waals surface area contributed by atoms with Crippen molar-refractivity contribution in [3.05, 3.63) is 51.7 Å². The molecule has 1 amide bonds. The van der Waals surface area contributed by atoms with Crippen LogP contribution in [-0.2, 0) is 4.79 Å². The van der Waals surface area contributed by atoms with Crippen molar-refractivity contribution >= 4 is 11.7 Å². The van der Waals surface area contributed by atoms with E-state index in [-0.39, 0.29) is 30.1 Å². The summed E-state index contributed by atoms with van der Waals surface area (Å²) in [6, 6.07) is 8.71. The van der Waals surface area contributed by atoms with Crippen molar-refractivity contribution in [1.82, 2.24) is 9.88 Å². The fourth-order valence-corrected chi connectivity index (χ4v) is 3.68. The van der Waals surface area contributed by atoms with Crippen molar-refractivity contribution in [1.29, 1.82) is 0 Å². The minimum atomic E-state index is -0.610. The molecular formula is C20H21N3O6. The molecule has 1 aromatic carbocycles. The van der Waals surface area contributed by atoms with Crippen molar-refractivity contribution in [3.63, 3.8) is 0 Å². The Kier molecular flexibility index (Phi) is 5.20. The number of ether oxygens (including phenoxy) is 3. The van der Waals surface area contributed by atoms with Crippen LogP contribution in [0.15, 0.2) is 30.3 Å². The van der Waals surface area contributed by atoms with E-state index in [4.69, 9.17) is 14.2 Å². The third kappa shape index (κ3) is 3.94. The van der Waals surface area contributed by atoms with Crippen LogP contribution in [0.4, 0.5) is 5.82 Å². The molecular weight excluding hydrogens is 378 g/mol. The SMILES string of the molecule is Cc1ccc(OCC(=O)N2CCC[C@@H]2c2ccc3c(c2)OCCO3)c([N+](=O)[O-])n1. The topological polar surface area (TPSA) is 104 Å². The average Bonchev–Trinajstić information content (AvgIpc) is 3.22. The summed E-state index contributed by atoms with van der Waals surface area (Å²) in [5, 5.41) is 11.2. The molecule has 0 N–H and O–H groups in total. The normalized spacial score (nSPS) is 17.8. The number of rotatable bonds is 5. The first-order valence-corrected chi connectivity index (χ1v) is 9.47. The molecule has 9 heteroatoms. The van der Waals surface area contributed by atoms with Crippen LogP contribution in [0.1, 0.15) is 30.1 Å². The summed E-state index contributed by atoms with van der Waals surface area (Å²) in [4.78, 5) is 29.0. The van der Waals surface area contributed by atoms with Crippen molar-refractivity contribution in [2.75, 3.05) is 26.4 Å². The highest BCUT2D eigenvalue weighted by molar-refractivity contribution is 5.78. The Bertz CT molecular complexity index is 948. The van der Waals surface area contributed by atoms with Gasteiger partial charge in [-0.2, -0.15) is 0 Å². The molecule has 1 saturated heterocycles. The largest absolute Gasteiger partial charge is 0.486 e. The lowest BCUT2D eigenvalue weighted by Crippen LogP contribution is -2.34. The lowest BCUT2D eigenvalue weighted by atomic mass is 10.0. The van der Waals surface area contributed by atoms with Crippen LogP contribution in [-0.4, -0.2) is 47.1 Å². The Morgan fingerprint density at radius 1 is 1.28 bits per heavy atom. The van der Waals surface area contributed by atoms with Gasteiger partial charge in [0.05, 0.1) is 6.04 Å².